The average molecular weight is 197 g/mol. The van der Waals surface area contributed by atoms with Crippen LogP contribution in [-0.4, -0.2) is 30.6 Å². The van der Waals surface area contributed by atoms with Gasteiger partial charge in [-0.25, -0.2) is 4.39 Å². The van der Waals surface area contributed by atoms with E-state index in [1.807, 2.05) is 0 Å². The van der Waals surface area contributed by atoms with Crippen LogP contribution in [0, 0.1) is 0 Å². The summed E-state index contributed by atoms with van der Waals surface area (Å²) < 4.78 is 42.3. The Hall–Kier alpha value is -0.200. The summed E-state index contributed by atoms with van der Waals surface area (Å²) in [5.41, 5.74) is 0. The van der Waals surface area contributed by atoms with Crippen molar-refractivity contribution in [3.05, 3.63) is 0 Å². The van der Waals surface area contributed by atoms with E-state index in [1.165, 1.54) is 0 Å². The molecular formula is C6H12FNO3S. The fraction of sp³-hybridized carbons (Fsp3) is 1.00. The Labute approximate surface area is 70.9 Å². The lowest BCUT2D eigenvalue weighted by Gasteiger charge is -2.19. The topological polar surface area (TPSA) is 66.4 Å². The van der Waals surface area contributed by atoms with Crippen LogP contribution in [0.3, 0.4) is 0 Å². The Morgan fingerprint density at radius 1 is 1.67 bits per heavy atom. The number of rotatable bonds is 4. The third-order valence-electron chi connectivity index (χ3n) is 1.54. The number of halogens is 1. The average Bonchev–Trinajstić information content (AvgIpc) is 2.39. The van der Waals surface area contributed by atoms with Gasteiger partial charge < -0.3 is 0 Å². The van der Waals surface area contributed by atoms with Crippen molar-refractivity contribution < 1.29 is 17.4 Å². The second-order valence-electron chi connectivity index (χ2n) is 3.34. The number of nitrogens with one attached hydrogen (secondary N) is 1. The predicted molar refractivity (Wildman–Crippen MR) is 42.1 cm³/mol. The molecule has 0 spiro atoms. The summed E-state index contributed by atoms with van der Waals surface area (Å²) in [6.45, 7) is 1.11. The van der Waals surface area contributed by atoms with Crippen LogP contribution in [-0.2, 0) is 10.1 Å². The number of hydrogen-bond acceptors (Lipinski definition) is 3. The van der Waals surface area contributed by atoms with Crippen molar-refractivity contribution in [3.8, 4) is 0 Å². The highest BCUT2D eigenvalue weighted by Crippen LogP contribution is 2.23. The fourth-order valence-electron chi connectivity index (χ4n) is 1.04. The highest BCUT2D eigenvalue weighted by molar-refractivity contribution is 7.85. The van der Waals surface area contributed by atoms with Crippen molar-refractivity contribution in [1.29, 1.82) is 0 Å². The van der Waals surface area contributed by atoms with Gasteiger partial charge in [0.15, 0.2) is 5.79 Å². The molecule has 1 atom stereocenters. The van der Waals surface area contributed by atoms with E-state index in [4.69, 9.17) is 4.55 Å². The van der Waals surface area contributed by atoms with Crippen molar-refractivity contribution in [3.63, 3.8) is 0 Å². The second kappa shape index (κ2) is 2.93. The van der Waals surface area contributed by atoms with Gasteiger partial charge in [0.1, 0.15) is 5.75 Å². The Balaban J connectivity index is 2.46. The Morgan fingerprint density at radius 2 is 2.17 bits per heavy atom. The van der Waals surface area contributed by atoms with Gasteiger partial charge >= 0.3 is 0 Å². The summed E-state index contributed by atoms with van der Waals surface area (Å²) in [5.74, 6) is -2.91. The molecule has 0 radical (unpaired) electrons. The van der Waals surface area contributed by atoms with Gasteiger partial charge in [-0.3, -0.25) is 9.87 Å². The Morgan fingerprint density at radius 3 is 2.50 bits per heavy atom. The van der Waals surface area contributed by atoms with E-state index in [-0.39, 0.29) is 6.04 Å². The molecule has 12 heavy (non-hydrogen) atoms. The maximum atomic E-state index is 13.2. The first-order chi connectivity index (χ1) is 5.29. The number of alkyl halides is 1. The van der Waals surface area contributed by atoms with Gasteiger partial charge in [0.2, 0.25) is 0 Å². The van der Waals surface area contributed by atoms with E-state index in [9.17, 15) is 12.8 Å². The zero-order valence-corrected chi connectivity index (χ0v) is 7.57. The van der Waals surface area contributed by atoms with E-state index in [2.05, 4.69) is 5.32 Å². The molecule has 0 aromatic carbocycles. The van der Waals surface area contributed by atoms with Crippen LogP contribution in [0.25, 0.3) is 0 Å². The first-order valence-electron chi connectivity index (χ1n) is 3.70. The standard InChI is InChI=1S/C6H12FNO3S/c1-6(7,4-12(9,10)11)8-5-2-3-5/h5,8H,2-4H2,1H3,(H,9,10,11)/t6-/m0/s1. The molecular weight excluding hydrogens is 185 g/mol. The van der Waals surface area contributed by atoms with E-state index in [0.29, 0.717) is 0 Å². The lowest BCUT2D eigenvalue weighted by atomic mass is 10.3. The van der Waals surface area contributed by atoms with Crippen molar-refractivity contribution in [2.45, 2.75) is 31.6 Å². The minimum absolute atomic E-state index is 0.0711. The quantitative estimate of drug-likeness (QED) is 0.503. The molecule has 1 saturated carbocycles. The van der Waals surface area contributed by atoms with Crippen molar-refractivity contribution in [1.82, 2.24) is 5.32 Å². The smallest absolute Gasteiger partial charge is 0.269 e. The third-order valence-corrected chi connectivity index (χ3v) is 2.44. The maximum absolute atomic E-state index is 13.2. The molecule has 6 heteroatoms. The zero-order chi connectivity index (χ0) is 9.41. The molecule has 0 aromatic heterocycles. The highest BCUT2D eigenvalue weighted by atomic mass is 32.2. The molecule has 0 aliphatic heterocycles. The van der Waals surface area contributed by atoms with E-state index in [0.717, 1.165) is 19.8 Å². The highest BCUT2D eigenvalue weighted by Gasteiger charge is 2.35. The maximum Gasteiger partial charge on any atom is 0.269 e. The van der Waals surface area contributed by atoms with Crippen molar-refractivity contribution in [2.75, 3.05) is 5.75 Å². The molecule has 1 aliphatic carbocycles. The lowest BCUT2D eigenvalue weighted by molar-refractivity contribution is 0.162. The second-order valence-corrected chi connectivity index (χ2v) is 4.79. The van der Waals surface area contributed by atoms with Crippen LogP contribution in [0.1, 0.15) is 19.8 Å². The van der Waals surface area contributed by atoms with E-state index in [1.54, 1.807) is 0 Å². The molecule has 1 rings (SSSR count). The summed E-state index contributed by atoms with van der Waals surface area (Å²) in [6, 6.07) is 0.0711. The van der Waals surface area contributed by atoms with Gasteiger partial charge in [0.05, 0.1) is 0 Å². The van der Waals surface area contributed by atoms with Crippen LogP contribution in [0.4, 0.5) is 4.39 Å². The van der Waals surface area contributed by atoms with Crippen LogP contribution < -0.4 is 5.32 Å². The van der Waals surface area contributed by atoms with Gasteiger partial charge in [-0.1, -0.05) is 0 Å². The van der Waals surface area contributed by atoms with Gasteiger partial charge in [-0.05, 0) is 19.8 Å². The molecule has 2 N–H and O–H groups in total. The third kappa shape index (κ3) is 3.99. The fourth-order valence-corrected chi connectivity index (χ4v) is 1.81. The summed E-state index contributed by atoms with van der Waals surface area (Å²) in [5, 5.41) is 2.48. The summed E-state index contributed by atoms with van der Waals surface area (Å²) >= 11 is 0. The van der Waals surface area contributed by atoms with Crippen molar-refractivity contribution >= 4 is 10.1 Å². The minimum atomic E-state index is -4.24. The Kier molecular flexibility index (Phi) is 2.42. The van der Waals surface area contributed by atoms with Gasteiger partial charge in [0.25, 0.3) is 10.1 Å². The molecule has 4 nitrogen and oxygen atoms in total. The van der Waals surface area contributed by atoms with Crippen LogP contribution in [0.15, 0.2) is 0 Å². The summed E-state index contributed by atoms with van der Waals surface area (Å²) in [6.07, 6.45) is 1.73. The van der Waals surface area contributed by atoms with Gasteiger partial charge in [0, 0.05) is 6.04 Å². The molecule has 0 unspecified atom stereocenters. The molecule has 0 saturated heterocycles. The monoisotopic (exact) mass is 197 g/mol. The predicted octanol–water partition coefficient (Wildman–Crippen LogP) is 0.312. The van der Waals surface area contributed by atoms with Crippen LogP contribution in [0.2, 0.25) is 0 Å². The van der Waals surface area contributed by atoms with Gasteiger partial charge in [-0.2, -0.15) is 8.42 Å². The molecule has 1 fully saturated rings. The largest absolute Gasteiger partial charge is 0.285 e. The molecule has 0 bridgehead atoms. The molecule has 0 amide bonds. The zero-order valence-electron chi connectivity index (χ0n) is 6.75. The normalized spacial score (nSPS) is 23.6. The molecule has 0 aromatic rings. The minimum Gasteiger partial charge on any atom is -0.285 e. The Bertz CT molecular complexity index is 258. The first-order valence-corrected chi connectivity index (χ1v) is 5.31. The molecule has 1 aliphatic rings. The molecule has 0 heterocycles. The summed E-state index contributed by atoms with van der Waals surface area (Å²) in [7, 11) is -4.24. The molecule has 72 valence electrons. The lowest BCUT2D eigenvalue weighted by Crippen LogP contribution is -2.45. The van der Waals surface area contributed by atoms with Crippen LogP contribution >= 0.6 is 0 Å². The SMILES string of the molecule is C[C@@](F)(CS(=O)(=O)O)NC1CC1. The van der Waals surface area contributed by atoms with Crippen molar-refractivity contribution in [2.24, 2.45) is 0 Å². The first kappa shape index (κ1) is 9.88. The van der Waals surface area contributed by atoms with E-state index < -0.39 is 21.7 Å². The number of hydrogen-bond donors (Lipinski definition) is 2. The summed E-state index contributed by atoms with van der Waals surface area (Å²) in [4.78, 5) is 0. The van der Waals surface area contributed by atoms with Gasteiger partial charge in [-0.15, -0.1) is 0 Å². The van der Waals surface area contributed by atoms with Crippen LogP contribution in [0.5, 0.6) is 0 Å². The van der Waals surface area contributed by atoms with E-state index >= 15 is 0 Å².